The molecule has 2 aromatic rings. The molecule has 0 bridgehead atoms. The Balaban J connectivity index is 1.86. The number of hydrogen-bond donors (Lipinski definition) is 1. The fraction of sp³-hybridized carbons (Fsp3) is 0.500. The van der Waals surface area contributed by atoms with Gasteiger partial charge in [0.05, 0.1) is 5.92 Å². The van der Waals surface area contributed by atoms with E-state index in [1.165, 1.54) is 6.42 Å². The van der Waals surface area contributed by atoms with Crippen LogP contribution in [0.2, 0.25) is 0 Å². The van der Waals surface area contributed by atoms with Gasteiger partial charge in [0.25, 0.3) is 0 Å². The lowest BCUT2D eigenvalue weighted by atomic mass is 10.0. The van der Waals surface area contributed by atoms with Crippen LogP contribution in [0.3, 0.4) is 0 Å². The molecule has 2 heterocycles. The zero-order valence-corrected chi connectivity index (χ0v) is 14.8. The maximum Gasteiger partial charge on any atom is 0.231 e. The Morgan fingerprint density at radius 1 is 1.38 bits per heavy atom. The minimum Gasteiger partial charge on any atom is -0.339 e. The predicted octanol–water partition coefficient (Wildman–Crippen LogP) is 3.90. The molecular weight excluding hydrogens is 400 g/mol. The van der Waals surface area contributed by atoms with Crippen LogP contribution in [0.1, 0.15) is 38.0 Å². The van der Waals surface area contributed by atoms with Crippen molar-refractivity contribution in [2.75, 3.05) is 6.54 Å². The first kappa shape index (κ1) is 15.1. The summed E-state index contributed by atoms with van der Waals surface area (Å²) in [5.41, 5.74) is 0.700. The molecule has 2 unspecified atom stereocenters. The number of halogens is 2. The van der Waals surface area contributed by atoms with Crippen LogP contribution in [-0.4, -0.2) is 27.7 Å². The van der Waals surface area contributed by atoms with Crippen LogP contribution in [0.25, 0.3) is 11.5 Å². The zero-order chi connectivity index (χ0) is 14.8. The molecule has 1 N–H and O–H groups in total. The molecule has 2 aromatic heterocycles. The Hall–Kier alpha value is -0.790. The summed E-state index contributed by atoms with van der Waals surface area (Å²) in [7, 11) is 0. The van der Waals surface area contributed by atoms with Crippen LogP contribution >= 0.6 is 31.9 Å². The molecule has 1 fully saturated rings. The number of aromatic nitrogens is 3. The standard InChI is InChI=1S/C14H16Br2N4O/c1-2-17-11-5-3-4-9(11)14-19-13(20-21-14)12-10(16)6-8(15)7-18-12/h6-7,9,11,17H,2-5H2,1H3. The second kappa shape index (κ2) is 6.54. The topological polar surface area (TPSA) is 63.8 Å². The van der Waals surface area contributed by atoms with Crippen LogP contribution in [0.5, 0.6) is 0 Å². The number of nitrogens with zero attached hydrogens (tertiary/aromatic N) is 3. The molecule has 2 atom stereocenters. The molecular formula is C14H16Br2N4O. The van der Waals surface area contributed by atoms with E-state index in [4.69, 9.17) is 4.52 Å². The highest BCUT2D eigenvalue weighted by Crippen LogP contribution is 2.35. The quantitative estimate of drug-likeness (QED) is 0.820. The average molecular weight is 416 g/mol. The summed E-state index contributed by atoms with van der Waals surface area (Å²) in [5.74, 6) is 1.55. The molecule has 0 spiro atoms. The maximum absolute atomic E-state index is 5.49. The first-order chi connectivity index (χ1) is 10.2. The minimum absolute atomic E-state index is 0.306. The third kappa shape index (κ3) is 3.19. The Bertz CT molecular complexity index is 631. The Morgan fingerprint density at radius 3 is 3.00 bits per heavy atom. The van der Waals surface area contributed by atoms with Crippen molar-refractivity contribution in [1.82, 2.24) is 20.4 Å². The van der Waals surface area contributed by atoms with Gasteiger partial charge in [-0.2, -0.15) is 4.98 Å². The highest BCUT2D eigenvalue weighted by atomic mass is 79.9. The van der Waals surface area contributed by atoms with Crippen molar-refractivity contribution < 1.29 is 4.52 Å². The van der Waals surface area contributed by atoms with Crippen molar-refractivity contribution in [2.24, 2.45) is 0 Å². The summed E-state index contributed by atoms with van der Waals surface area (Å²) >= 11 is 6.87. The van der Waals surface area contributed by atoms with Gasteiger partial charge in [0.2, 0.25) is 11.7 Å². The average Bonchev–Trinajstić information content (AvgIpc) is 3.07. The van der Waals surface area contributed by atoms with Gasteiger partial charge >= 0.3 is 0 Å². The van der Waals surface area contributed by atoms with Gasteiger partial charge in [-0.3, -0.25) is 4.98 Å². The van der Waals surface area contributed by atoms with Crippen LogP contribution in [-0.2, 0) is 0 Å². The second-order valence-electron chi connectivity index (χ2n) is 5.14. The van der Waals surface area contributed by atoms with Gasteiger partial charge in [-0.25, -0.2) is 0 Å². The maximum atomic E-state index is 5.49. The molecule has 0 radical (unpaired) electrons. The Kier molecular flexibility index (Phi) is 4.71. The van der Waals surface area contributed by atoms with E-state index in [0.29, 0.717) is 29.4 Å². The summed E-state index contributed by atoms with van der Waals surface area (Å²) in [6.07, 6.45) is 5.18. The molecule has 21 heavy (non-hydrogen) atoms. The number of nitrogens with one attached hydrogen (secondary N) is 1. The fourth-order valence-corrected chi connectivity index (χ4v) is 3.99. The van der Waals surface area contributed by atoms with E-state index < -0.39 is 0 Å². The van der Waals surface area contributed by atoms with Crippen LogP contribution < -0.4 is 5.32 Å². The van der Waals surface area contributed by atoms with Crippen molar-refractivity contribution in [2.45, 2.75) is 38.1 Å². The van der Waals surface area contributed by atoms with Crippen molar-refractivity contribution in [3.05, 3.63) is 27.1 Å². The largest absolute Gasteiger partial charge is 0.339 e. The van der Waals surface area contributed by atoms with Crippen molar-refractivity contribution in [3.63, 3.8) is 0 Å². The van der Waals surface area contributed by atoms with Gasteiger partial charge in [0.15, 0.2) is 0 Å². The molecule has 112 valence electrons. The van der Waals surface area contributed by atoms with Gasteiger partial charge < -0.3 is 9.84 Å². The van der Waals surface area contributed by atoms with Gasteiger partial charge in [-0.1, -0.05) is 18.5 Å². The molecule has 0 amide bonds. The Morgan fingerprint density at radius 2 is 2.24 bits per heavy atom. The normalized spacial score (nSPS) is 21.9. The smallest absolute Gasteiger partial charge is 0.231 e. The first-order valence-electron chi connectivity index (χ1n) is 7.07. The lowest BCUT2D eigenvalue weighted by Crippen LogP contribution is -2.31. The SMILES string of the molecule is CCNC1CCCC1c1nc(-c2ncc(Br)cc2Br)no1. The number of pyridine rings is 1. The van der Waals surface area contributed by atoms with Crippen molar-refractivity contribution >= 4 is 31.9 Å². The molecule has 7 heteroatoms. The van der Waals surface area contributed by atoms with E-state index in [1.54, 1.807) is 6.20 Å². The van der Waals surface area contributed by atoms with Gasteiger partial charge in [0.1, 0.15) is 5.69 Å². The zero-order valence-electron chi connectivity index (χ0n) is 11.6. The summed E-state index contributed by atoms with van der Waals surface area (Å²) in [5, 5.41) is 7.60. The fourth-order valence-electron chi connectivity index (χ4n) is 2.82. The molecule has 5 nitrogen and oxygen atoms in total. The number of rotatable bonds is 4. The minimum atomic E-state index is 0.306. The summed E-state index contributed by atoms with van der Waals surface area (Å²) < 4.78 is 7.24. The highest BCUT2D eigenvalue weighted by molar-refractivity contribution is 9.11. The van der Waals surface area contributed by atoms with E-state index in [0.717, 1.165) is 28.3 Å². The highest BCUT2D eigenvalue weighted by Gasteiger charge is 2.32. The third-order valence-corrected chi connectivity index (χ3v) is 4.80. The van der Waals surface area contributed by atoms with E-state index in [2.05, 4.69) is 59.2 Å². The molecule has 1 aliphatic rings. The third-order valence-electron chi connectivity index (χ3n) is 3.76. The van der Waals surface area contributed by atoms with E-state index in [9.17, 15) is 0 Å². The monoisotopic (exact) mass is 414 g/mol. The van der Waals surface area contributed by atoms with Crippen molar-refractivity contribution in [3.8, 4) is 11.5 Å². The predicted molar refractivity (Wildman–Crippen MR) is 87.0 cm³/mol. The van der Waals surface area contributed by atoms with Gasteiger partial charge in [0, 0.05) is 21.2 Å². The molecule has 0 aliphatic heterocycles. The number of hydrogen-bond acceptors (Lipinski definition) is 5. The van der Waals surface area contributed by atoms with Gasteiger partial charge in [-0.15, -0.1) is 0 Å². The lowest BCUT2D eigenvalue weighted by Gasteiger charge is -2.16. The van der Waals surface area contributed by atoms with Crippen LogP contribution in [0, 0.1) is 0 Å². The first-order valence-corrected chi connectivity index (χ1v) is 8.66. The Labute approximate surface area is 140 Å². The van der Waals surface area contributed by atoms with Crippen molar-refractivity contribution in [1.29, 1.82) is 0 Å². The van der Waals surface area contributed by atoms with E-state index >= 15 is 0 Å². The molecule has 1 saturated carbocycles. The van der Waals surface area contributed by atoms with E-state index in [-0.39, 0.29) is 0 Å². The van der Waals surface area contributed by atoms with Crippen LogP contribution in [0.4, 0.5) is 0 Å². The summed E-state index contributed by atoms with van der Waals surface area (Å²) in [4.78, 5) is 8.91. The molecule has 0 aromatic carbocycles. The summed E-state index contributed by atoms with van der Waals surface area (Å²) in [6, 6.07) is 2.36. The molecule has 0 saturated heterocycles. The molecule has 1 aliphatic carbocycles. The van der Waals surface area contributed by atoms with Crippen LogP contribution in [0.15, 0.2) is 25.7 Å². The second-order valence-corrected chi connectivity index (χ2v) is 6.91. The molecule has 3 rings (SSSR count). The van der Waals surface area contributed by atoms with E-state index in [1.807, 2.05) is 6.07 Å². The van der Waals surface area contributed by atoms with Gasteiger partial charge in [-0.05, 0) is 57.3 Å². The summed E-state index contributed by atoms with van der Waals surface area (Å²) in [6.45, 7) is 3.08. The lowest BCUT2D eigenvalue weighted by molar-refractivity contribution is 0.332. The number of likely N-dealkylation sites (N-methyl/N-ethyl adjacent to an activating group) is 1.